The number of ether oxygens (including phenoxy) is 2. The Labute approximate surface area is 114 Å². The lowest BCUT2D eigenvalue weighted by atomic mass is 10.1. The van der Waals surface area contributed by atoms with Crippen LogP contribution in [0.4, 0.5) is 0 Å². The van der Waals surface area contributed by atoms with Crippen LogP contribution in [0.1, 0.15) is 44.1 Å². The first-order valence-electron chi connectivity index (χ1n) is 7.35. The van der Waals surface area contributed by atoms with Gasteiger partial charge in [0.05, 0.1) is 0 Å². The lowest BCUT2D eigenvalue weighted by Crippen LogP contribution is -2.16. The van der Waals surface area contributed by atoms with Gasteiger partial charge in [0, 0.05) is 17.8 Å². The molecule has 3 rings (SSSR count). The molecule has 1 aliphatic heterocycles. The normalized spacial score (nSPS) is 20.4. The molecule has 0 atom stereocenters. The molecule has 0 aromatic heterocycles. The average Bonchev–Trinajstić information content (AvgIpc) is 2.74. The first kappa shape index (κ1) is 12.5. The van der Waals surface area contributed by atoms with Crippen LogP contribution in [0.25, 0.3) is 0 Å². The summed E-state index contributed by atoms with van der Waals surface area (Å²) in [7, 11) is 0. The molecule has 1 fully saturated rings. The number of hydrogen-bond acceptors (Lipinski definition) is 3. The first-order valence-corrected chi connectivity index (χ1v) is 7.35. The van der Waals surface area contributed by atoms with Gasteiger partial charge < -0.3 is 9.47 Å². The summed E-state index contributed by atoms with van der Waals surface area (Å²) < 4.78 is 11.3. The largest absolute Gasteiger partial charge is 0.486 e. The minimum Gasteiger partial charge on any atom is -0.486 e. The number of rotatable bonds is 2. The molecule has 0 saturated heterocycles. The third-order valence-electron chi connectivity index (χ3n) is 3.85. The Bertz CT molecular complexity index is 448. The third-order valence-corrected chi connectivity index (χ3v) is 3.85. The molecule has 0 spiro atoms. The molecule has 1 aromatic carbocycles. The van der Waals surface area contributed by atoms with Crippen molar-refractivity contribution in [1.29, 1.82) is 0 Å². The molecule has 0 N–H and O–H groups in total. The summed E-state index contributed by atoms with van der Waals surface area (Å²) in [6.45, 7) is 1.26. The van der Waals surface area contributed by atoms with Gasteiger partial charge in [0.1, 0.15) is 13.2 Å². The van der Waals surface area contributed by atoms with Crippen molar-refractivity contribution in [2.24, 2.45) is 4.99 Å². The standard InChI is InChI=1S/C16H21NO2/c1-2-4-8-14(7-3-1)17-12-13-6-5-9-15-16(13)19-11-10-18-15/h5-6,9,12,14H,1-4,7-8,10-11H2. The summed E-state index contributed by atoms with van der Waals surface area (Å²) in [5, 5.41) is 0. The molecule has 3 nitrogen and oxygen atoms in total. The Morgan fingerprint density at radius 3 is 2.63 bits per heavy atom. The fourth-order valence-electron chi connectivity index (χ4n) is 2.79. The van der Waals surface area contributed by atoms with Crippen molar-refractivity contribution in [3.63, 3.8) is 0 Å². The molecule has 19 heavy (non-hydrogen) atoms. The highest BCUT2D eigenvalue weighted by Gasteiger charge is 2.15. The van der Waals surface area contributed by atoms with E-state index in [-0.39, 0.29) is 0 Å². The summed E-state index contributed by atoms with van der Waals surface area (Å²) in [6.07, 6.45) is 9.78. The molecule has 102 valence electrons. The van der Waals surface area contributed by atoms with Crippen LogP contribution in [-0.2, 0) is 0 Å². The van der Waals surface area contributed by atoms with Crippen LogP contribution in [0.3, 0.4) is 0 Å². The van der Waals surface area contributed by atoms with Crippen molar-refractivity contribution in [2.75, 3.05) is 13.2 Å². The van der Waals surface area contributed by atoms with E-state index in [1.165, 1.54) is 38.5 Å². The second-order valence-corrected chi connectivity index (χ2v) is 5.29. The first-order chi connectivity index (χ1) is 9.43. The van der Waals surface area contributed by atoms with Crippen LogP contribution in [0, 0.1) is 0 Å². The molecule has 0 radical (unpaired) electrons. The highest BCUT2D eigenvalue weighted by molar-refractivity contribution is 5.85. The maximum Gasteiger partial charge on any atom is 0.170 e. The number of fused-ring (bicyclic) bond motifs is 1. The van der Waals surface area contributed by atoms with E-state index in [2.05, 4.69) is 0 Å². The summed E-state index contributed by atoms with van der Waals surface area (Å²) in [6, 6.07) is 6.50. The van der Waals surface area contributed by atoms with Crippen LogP contribution in [-0.4, -0.2) is 25.5 Å². The van der Waals surface area contributed by atoms with E-state index >= 15 is 0 Å². The van der Waals surface area contributed by atoms with Gasteiger partial charge in [0.15, 0.2) is 11.5 Å². The van der Waals surface area contributed by atoms with Crippen LogP contribution < -0.4 is 9.47 Å². The van der Waals surface area contributed by atoms with Crippen LogP contribution in [0.2, 0.25) is 0 Å². The SMILES string of the molecule is C(=NC1CCCCCC1)c1cccc2c1OCCO2. The van der Waals surface area contributed by atoms with Gasteiger partial charge in [-0.3, -0.25) is 4.99 Å². The predicted molar refractivity (Wildman–Crippen MR) is 76.5 cm³/mol. The van der Waals surface area contributed by atoms with Crippen LogP contribution in [0.5, 0.6) is 11.5 Å². The Morgan fingerprint density at radius 1 is 1.00 bits per heavy atom. The van der Waals surface area contributed by atoms with E-state index in [0.717, 1.165) is 17.1 Å². The highest BCUT2D eigenvalue weighted by atomic mass is 16.6. The van der Waals surface area contributed by atoms with Gasteiger partial charge in [0.2, 0.25) is 0 Å². The number of benzene rings is 1. The van der Waals surface area contributed by atoms with E-state index in [1.807, 2.05) is 24.4 Å². The van der Waals surface area contributed by atoms with Gasteiger partial charge >= 0.3 is 0 Å². The van der Waals surface area contributed by atoms with Crippen LogP contribution >= 0.6 is 0 Å². The predicted octanol–water partition coefficient (Wildman–Crippen LogP) is 3.60. The van der Waals surface area contributed by atoms with Crippen molar-refractivity contribution in [2.45, 2.75) is 44.6 Å². The van der Waals surface area contributed by atoms with Crippen molar-refractivity contribution in [3.8, 4) is 11.5 Å². The fraction of sp³-hybridized carbons (Fsp3) is 0.562. The molecule has 0 amide bonds. The average molecular weight is 259 g/mol. The number of aliphatic imine (C=N–C) groups is 1. The second-order valence-electron chi connectivity index (χ2n) is 5.29. The van der Waals surface area contributed by atoms with E-state index in [0.29, 0.717) is 19.3 Å². The lowest BCUT2D eigenvalue weighted by Gasteiger charge is -2.19. The summed E-state index contributed by atoms with van der Waals surface area (Å²) in [5.74, 6) is 1.70. The smallest absolute Gasteiger partial charge is 0.170 e. The maximum atomic E-state index is 5.70. The fourth-order valence-corrected chi connectivity index (χ4v) is 2.79. The van der Waals surface area contributed by atoms with Crippen molar-refractivity contribution >= 4 is 6.21 Å². The zero-order valence-corrected chi connectivity index (χ0v) is 11.3. The van der Waals surface area contributed by atoms with E-state index in [4.69, 9.17) is 14.5 Å². The topological polar surface area (TPSA) is 30.8 Å². The monoisotopic (exact) mass is 259 g/mol. The number of nitrogens with zero attached hydrogens (tertiary/aromatic N) is 1. The van der Waals surface area contributed by atoms with E-state index < -0.39 is 0 Å². The zero-order valence-electron chi connectivity index (χ0n) is 11.3. The Hall–Kier alpha value is -1.51. The second kappa shape index (κ2) is 6.09. The molecule has 3 heteroatoms. The molecule has 1 saturated carbocycles. The van der Waals surface area contributed by atoms with E-state index in [1.54, 1.807) is 0 Å². The van der Waals surface area contributed by atoms with Crippen molar-refractivity contribution in [3.05, 3.63) is 23.8 Å². The summed E-state index contributed by atoms with van der Waals surface area (Å²) in [5.41, 5.74) is 1.04. The van der Waals surface area contributed by atoms with Crippen molar-refractivity contribution in [1.82, 2.24) is 0 Å². The minimum atomic E-state index is 0.489. The summed E-state index contributed by atoms with van der Waals surface area (Å²) >= 11 is 0. The van der Waals surface area contributed by atoms with Crippen LogP contribution in [0.15, 0.2) is 23.2 Å². The Kier molecular flexibility index (Phi) is 4.01. The molecule has 1 heterocycles. The molecule has 2 aliphatic rings. The quantitative estimate of drug-likeness (QED) is 0.600. The number of para-hydroxylation sites is 1. The lowest BCUT2D eigenvalue weighted by molar-refractivity contribution is 0.171. The molecule has 0 unspecified atom stereocenters. The maximum absolute atomic E-state index is 5.70. The minimum absolute atomic E-state index is 0.489. The molecule has 1 aliphatic carbocycles. The van der Waals surface area contributed by atoms with Gasteiger partial charge in [-0.25, -0.2) is 0 Å². The van der Waals surface area contributed by atoms with E-state index in [9.17, 15) is 0 Å². The van der Waals surface area contributed by atoms with Gasteiger partial charge in [-0.2, -0.15) is 0 Å². The molecular weight excluding hydrogens is 238 g/mol. The Balaban J connectivity index is 1.75. The molecule has 0 bridgehead atoms. The third kappa shape index (κ3) is 3.09. The van der Waals surface area contributed by atoms with Gasteiger partial charge in [-0.1, -0.05) is 31.7 Å². The highest BCUT2D eigenvalue weighted by Crippen LogP contribution is 2.32. The molecular formula is C16H21NO2. The zero-order chi connectivity index (χ0) is 12.9. The number of hydrogen-bond donors (Lipinski definition) is 0. The van der Waals surface area contributed by atoms with Gasteiger partial charge in [0.25, 0.3) is 0 Å². The molecule has 1 aromatic rings. The van der Waals surface area contributed by atoms with Gasteiger partial charge in [-0.05, 0) is 25.0 Å². The Morgan fingerprint density at radius 2 is 1.79 bits per heavy atom. The van der Waals surface area contributed by atoms with Crippen molar-refractivity contribution < 1.29 is 9.47 Å². The summed E-state index contributed by atoms with van der Waals surface area (Å²) in [4.78, 5) is 4.76. The van der Waals surface area contributed by atoms with Gasteiger partial charge in [-0.15, -0.1) is 0 Å².